The lowest BCUT2D eigenvalue weighted by atomic mass is 10.1. The molecule has 3 heterocycles. The minimum atomic E-state index is -4.98. The average Bonchev–Trinajstić information content (AvgIpc) is 3.10. The van der Waals surface area contributed by atoms with Crippen LogP contribution in [0.3, 0.4) is 0 Å². The fraction of sp³-hybridized carbons (Fsp3) is 0.357. The van der Waals surface area contributed by atoms with Gasteiger partial charge < -0.3 is 4.57 Å². The second-order valence-electron chi connectivity index (χ2n) is 5.68. The van der Waals surface area contributed by atoms with Gasteiger partial charge in [0.2, 0.25) is 5.78 Å². The maximum absolute atomic E-state index is 13.5. The quantitative estimate of drug-likeness (QED) is 0.617. The number of alkyl halides is 6. The summed E-state index contributed by atoms with van der Waals surface area (Å²) >= 11 is 5.84. The van der Waals surface area contributed by atoms with Crippen molar-refractivity contribution < 1.29 is 26.3 Å². The van der Waals surface area contributed by atoms with Crippen LogP contribution in [0.1, 0.15) is 12.1 Å². The van der Waals surface area contributed by atoms with Crippen LogP contribution in [0.25, 0.3) is 16.9 Å². The molecule has 13 heteroatoms. The average molecular weight is 414 g/mol. The Morgan fingerprint density at radius 1 is 1.15 bits per heavy atom. The first kappa shape index (κ1) is 19.3. The van der Waals surface area contributed by atoms with Crippen LogP contribution in [0, 0.1) is 0 Å². The molecular weight excluding hydrogens is 404 g/mol. The third-order valence-electron chi connectivity index (χ3n) is 3.77. The fourth-order valence-electron chi connectivity index (χ4n) is 2.49. The lowest BCUT2D eigenvalue weighted by Gasteiger charge is -2.11. The molecule has 0 radical (unpaired) electrons. The fourth-order valence-corrected chi connectivity index (χ4v) is 2.66. The Morgan fingerprint density at radius 2 is 1.81 bits per heavy atom. The third kappa shape index (κ3) is 3.66. The van der Waals surface area contributed by atoms with Gasteiger partial charge in [0.25, 0.3) is 5.56 Å². The van der Waals surface area contributed by atoms with Gasteiger partial charge >= 0.3 is 12.4 Å². The van der Waals surface area contributed by atoms with Gasteiger partial charge in [-0.3, -0.25) is 9.48 Å². The number of aryl methyl sites for hydroxylation is 2. The molecule has 0 aromatic carbocycles. The Bertz CT molecular complexity index is 1060. The van der Waals surface area contributed by atoms with E-state index in [9.17, 15) is 31.1 Å². The van der Waals surface area contributed by atoms with Crippen molar-refractivity contribution in [3.8, 4) is 11.1 Å². The number of imidazole rings is 1. The van der Waals surface area contributed by atoms with Crippen LogP contribution < -0.4 is 5.56 Å². The van der Waals surface area contributed by atoms with E-state index >= 15 is 0 Å². The topological polar surface area (TPSA) is 57.1 Å². The summed E-state index contributed by atoms with van der Waals surface area (Å²) in [4.78, 5) is 16.1. The van der Waals surface area contributed by atoms with Crippen molar-refractivity contribution in [2.24, 2.45) is 7.05 Å². The first-order valence-electron chi connectivity index (χ1n) is 7.33. The van der Waals surface area contributed by atoms with Crippen molar-refractivity contribution in [1.82, 2.24) is 23.7 Å². The standard InChI is InChI=1S/C14H10ClF6N5O/c1-24-8(15)6-26-11(27)9(10(14(19,20)21)23-12(24)26)7-4-22-25(5-7)3-2-13(16,17)18/h4-6H,2-3H2,1H3. The van der Waals surface area contributed by atoms with Crippen molar-refractivity contribution in [1.29, 1.82) is 0 Å². The highest BCUT2D eigenvalue weighted by Gasteiger charge is 2.39. The van der Waals surface area contributed by atoms with Crippen LogP contribution in [0.5, 0.6) is 0 Å². The largest absolute Gasteiger partial charge is 0.434 e. The number of hydrogen-bond acceptors (Lipinski definition) is 3. The highest BCUT2D eigenvalue weighted by Crippen LogP contribution is 2.34. The maximum atomic E-state index is 13.5. The number of rotatable bonds is 3. The van der Waals surface area contributed by atoms with E-state index < -0.39 is 42.1 Å². The molecular formula is C14H10ClF6N5O. The van der Waals surface area contributed by atoms with E-state index in [1.54, 1.807) is 0 Å². The number of halogens is 7. The molecule has 0 aliphatic carbocycles. The molecule has 6 nitrogen and oxygen atoms in total. The van der Waals surface area contributed by atoms with Gasteiger partial charge in [-0.05, 0) is 0 Å². The predicted molar refractivity (Wildman–Crippen MR) is 82.3 cm³/mol. The summed E-state index contributed by atoms with van der Waals surface area (Å²) in [6, 6.07) is 0. The van der Waals surface area contributed by atoms with E-state index in [2.05, 4.69) is 10.1 Å². The third-order valence-corrected chi connectivity index (χ3v) is 4.12. The second-order valence-corrected chi connectivity index (χ2v) is 6.06. The van der Waals surface area contributed by atoms with E-state index in [0.29, 0.717) is 0 Å². The summed E-state index contributed by atoms with van der Waals surface area (Å²) in [6.07, 6.45) is -7.72. The van der Waals surface area contributed by atoms with Gasteiger partial charge in [-0.15, -0.1) is 0 Å². The molecule has 0 spiro atoms. The summed E-state index contributed by atoms with van der Waals surface area (Å²) in [5.41, 5.74) is -3.65. The van der Waals surface area contributed by atoms with Crippen molar-refractivity contribution in [2.75, 3.05) is 0 Å². The molecule has 0 amide bonds. The van der Waals surface area contributed by atoms with Crippen LogP contribution in [0.2, 0.25) is 5.15 Å². The molecule has 0 fully saturated rings. The van der Waals surface area contributed by atoms with Crippen molar-refractivity contribution in [3.63, 3.8) is 0 Å². The Balaban J connectivity index is 2.18. The van der Waals surface area contributed by atoms with Crippen LogP contribution in [-0.4, -0.2) is 29.9 Å². The summed E-state index contributed by atoms with van der Waals surface area (Å²) in [5, 5.41) is 3.58. The van der Waals surface area contributed by atoms with E-state index in [4.69, 9.17) is 11.6 Å². The monoisotopic (exact) mass is 413 g/mol. The van der Waals surface area contributed by atoms with E-state index in [1.165, 1.54) is 7.05 Å². The van der Waals surface area contributed by atoms with Crippen LogP contribution in [0.15, 0.2) is 23.4 Å². The first-order chi connectivity index (χ1) is 12.4. The zero-order chi connectivity index (χ0) is 20.1. The smallest absolute Gasteiger partial charge is 0.304 e. The molecule has 0 saturated carbocycles. The zero-order valence-electron chi connectivity index (χ0n) is 13.4. The second kappa shape index (κ2) is 6.29. The van der Waals surface area contributed by atoms with Crippen LogP contribution in [-0.2, 0) is 19.8 Å². The molecule has 146 valence electrons. The van der Waals surface area contributed by atoms with Crippen LogP contribution in [0.4, 0.5) is 26.3 Å². The number of nitrogens with zero attached hydrogens (tertiary/aromatic N) is 5. The molecule has 0 unspecified atom stereocenters. The Labute approximate surface area is 151 Å². The lowest BCUT2D eigenvalue weighted by molar-refractivity contribution is -0.140. The van der Waals surface area contributed by atoms with E-state index in [0.717, 1.165) is 32.2 Å². The highest BCUT2D eigenvalue weighted by molar-refractivity contribution is 6.29. The van der Waals surface area contributed by atoms with Crippen molar-refractivity contribution in [3.05, 3.63) is 39.8 Å². The van der Waals surface area contributed by atoms with Gasteiger partial charge in [-0.25, -0.2) is 9.38 Å². The summed E-state index contributed by atoms with van der Waals surface area (Å²) in [5.74, 6) is -0.328. The maximum Gasteiger partial charge on any atom is 0.434 e. The number of aromatic nitrogens is 5. The summed E-state index contributed by atoms with van der Waals surface area (Å²) in [7, 11) is 1.33. The molecule has 27 heavy (non-hydrogen) atoms. The molecule has 0 atom stereocenters. The van der Waals surface area contributed by atoms with Gasteiger partial charge in [-0.1, -0.05) is 11.6 Å². The van der Waals surface area contributed by atoms with Gasteiger partial charge in [-0.2, -0.15) is 31.4 Å². The molecule has 0 aliphatic heterocycles. The minimum Gasteiger partial charge on any atom is -0.304 e. The Hall–Kier alpha value is -2.50. The van der Waals surface area contributed by atoms with Gasteiger partial charge in [0.05, 0.1) is 24.4 Å². The van der Waals surface area contributed by atoms with E-state index in [-0.39, 0.29) is 16.5 Å². The molecule has 0 bridgehead atoms. The minimum absolute atomic E-state index is 0.0225. The Kier molecular flexibility index (Phi) is 4.49. The first-order valence-corrected chi connectivity index (χ1v) is 7.70. The highest BCUT2D eigenvalue weighted by atomic mass is 35.5. The molecule has 0 aliphatic rings. The van der Waals surface area contributed by atoms with Crippen LogP contribution >= 0.6 is 11.6 Å². The molecule has 0 N–H and O–H groups in total. The van der Waals surface area contributed by atoms with Gasteiger partial charge in [0.1, 0.15) is 5.15 Å². The summed E-state index contributed by atoms with van der Waals surface area (Å²) in [6.45, 7) is -0.598. The zero-order valence-corrected chi connectivity index (χ0v) is 14.2. The SMILES string of the molecule is Cn1c(Cl)cn2c(=O)c(-c3cnn(CCC(F)(F)F)c3)c(C(F)(F)F)nc12. The van der Waals surface area contributed by atoms with Gasteiger partial charge in [0.15, 0.2) is 5.69 Å². The number of hydrogen-bond donors (Lipinski definition) is 0. The molecule has 3 rings (SSSR count). The molecule has 3 aromatic heterocycles. The Morgan fingerprint density at radius 3 is 2.41 bits per heavy atom. The lowest BCUT2D eigenvalue weighted by Crippen LogP contribution is -2.23. The van der Waals surface area contributed by atoms with E-state index in [1.807, 2.05) is 0 Å². The van der Waals surface area contributed by atoms with Gasteiger partial charge in [0, 0.05) is 25.4 Å². The summed E-state index contributed by atoms with van der Waals surface area (Å²) < 4.78 is 80.0. The molecule has 3 aromatic rings. The predicted octanol–water partition coefficient (Wildman–Crippen LogP) is 3.52. The van der Waals surface area contributed by atoms with Crippen molar-refractivity contribution in [2.45, 2.75) is 25.3 Å². The molecule has 0 saturated heterocycles. The van der Waals surface area contributed by atoms with Crippen molar-refractivity contribution >= 4 is 17.4 Å². The number of fused-ring (bicyclic) bond motifs is 1. The normalized spacial score (nSPS) is 12.9.